The molecule has 1 heterocycles. The summed E-state index contributed by atoms with van der Waals surface area (Å²) in [6.45, 7) is 10.2. The van der Waals surface area contributed by atoms with Crippen molar-refractivity contribution in [3.63, 3.8) is 0 Å². The lowest BCUT2D eigenvalue weighted by Crippen LogP contribution is -2.19. The van der Waals surface area contributed by atoms with Gasteiger partial charge in [0.05, 0.1) is 6.61 Å². The summed E-state index contributed by atoms with van der Waals surface area (Å²) in [5.74, 6) is 1.27. The van der Waals surface area contributed by atoms with Gasteiger partial charge in [0.15, 0.2) is 0 Å². The van der Waals surface area contributed by atoms with E-state index < -0.39 is 0 Å². The number of nitrogens with zero attached hydrogens (tertiary/aromatic N) is 1. The molecule has 16 heavy (non-hydrogen) atoms. The predicted molar refractivity (Wildman–Crippen MR) is 66.7 cm³/mol. The fourth-order valence-electron chi connectivity index (χ4n) is 1.52. The van der Waals surface area contributed by atoms with E-state index in [1.807, 2.05) is 6.07 Å². The van der Waals surface area contributed by atoms with Gasteiger partial charge in [0.2, 0.25) is 5.88 Å². The molecule has 0 saturated carbocycles. The van der Waals surface area contributed by atoms with E-state index in [-0.39, 0.29) is 6.04 Å². The van der Waals surface area contributed by atoms with Gasteiger partial charge in [-0.1, -0.05) is 26.8 Å². The lowest BCUT2D eigenvalue weighted by molar-refractivity contribution is 0.256. The Morgan fingerprint density at radius 3 is 2.75 bits per heavy atom. The third kappa shape index (κ3) is 3.81. The lowest BCUT2D eigenvalue weighted by atomic mass is 10.1. The normalized spacial score (nSPS) is 12.8. The van der Waals surface area contributed by atoms with Crippen LogP contribution in [0.4, 0.5) is 0 Å². The van der Waals surface area contributed by atoms with Gasteiger partial charge in [-0.2, -0.15) is 0 Å². The summed E-state index contributed by atoms with van der Waals surface area (Å²) >= 11 is 0. The van der Waals surface area contributed by atoms with Gasteiger partial charge >= 0.3 is 0 Å². The minimum Gasteiger partial charge on any atom is -0.477 e. The van der Waals surface area contributed by atoms with E-state index in [0.717, 1.165) is 18.0 Å². The Labute approximate surface area is 98.2 Å². The van der Waals surface area contributed by atoms with E-state index in [4.69, 9.17) is 4.74 Å². The molecule has 0 spiro atoms. The zero-order chi connectivity index (χ0) is 12.0. The van der Waals surface area contributed by atoms with Crippen molar-refractivity contribution in [2.75, 3.05) is 13.2 Å². The average Bonchev–Trinajstić information content (AvgIpc) is 2.27. The fraction of sp³-hybridized carbons (Fsp3) is 0.615. The van der Waals surface area contributed by atoms with E-state index in [1.54, 1.807) is 6.20 Å². The summed E-state index contributed by atoms with van der Waals surface area (Å²) in [4.78, 5) is 4.29. The standard InChI is InChI=1S/C13H22N2O/c1-5-14-11(4)12-7-6-8-15-13(12)16-9-10(2)3/h6-8,10-11,14H,5,9H2,1-4H3. The molecule has 0 saturated heterocycles. The molecule has 1 unspecified atom stereocenters. The lowest BCUT2D eigenvalue weighted by Gasteiger charge is -2.17. The number of aromatic nitrogens is 1. The van der Waals surface area contributed by atoms with Gasteiger partial charge in [0.25, 0.3) is 0 Å². The smallest absolute Gasteiger partial charge is 0.218 e. The molecular weight excluding hydrogens is 200 g/mol. The molecule has 0 aromatic carbocycles. The van der Waals surface area contributed by atoms with Crippen LogP contribution in [0, 0.1) is 5.92 Å². The highest BCUT2D eigenvalue weighted by Gasteiger charge is 2.11. The Kier molecular flexibility index (Phi) is 5.26. The highest BCUT2D eigenvalue weighted by Crippen LogP contribution is 2.22. The summed E-state index contributed by atoms with van der Waals surface area (Å²) in [7, 11) is 0. The van der Waals surface area contributed by atoms with Crippen molar-refractivity contribution in [1.29, 1.82) is 0 Å². The van der Waals surface area contributed by atoms with Crippen LogP contribution in [0.5, 0.6) is 5.88 Å². The largest absolute Gasteiger partial charge is 0.477 e. The Morgan fingerprint density at radius 1 is 1.38 bits per heavy atom. The van der Waals surface area contributed by atoms with Gasteiger partial charge in [0.1, 0.15) is 0 Å². The van der Waals surface area contributed by atoms with Gasteiger partial charge < -0.3 is 10.1 Å². The second-order valence-corrected chi connectivity index (χ2v) is 4.38. The number of pyridine rings is 1. The van der Waals surface area contributed by atoms with Crippen LogP contribution in [0.15, 0.2) is 18.3 Å². The van der Waals surface area contributed by atoms with Crippen LogP contribution in [0.1, 0.15) is 39.3 Å². The summed E-state index contributed by atoms with van der Waals surface area (Å²) < 4.78 is 5.71. The number of hydrogen-bond acceptors (Lipinski definition) is 3. The van der Waals surface area contributed by atoms with Crippen LogP contribution in [0.2, 0.25) is 0 Å². The van der Waals surface area contributed by atoms with Crippen molar-refractivity contribution < 1.29 is 4.74 Å². The maximum Gasteiger partial charge on any atom is 0.218 e. The maximum absolute atomic E-state index is 5.71. The minimum absolute atomic E-state index is 0.279. The Morgan fingerprint density at radius 2 is 2.12 bits per heavy atom. The summed E-state index contributed by atoms with van der Waals surface area (Å²) in [5, 5.41) is 3.37. The van der Waals surface area contributed by atoms with Crippen molar-refractivity contribution in [3.05, 3.63) is 23.9 Å². The molecule has 1 atom stereocenters. The van der Waals surface area contributed by atoms with Crippen LogP contribution in [-0.2, 0) is 0 Å². The predicted octanol–water partition coefficient (Wildman–Crippen LogP) is 2.79. The Hall–Kier alpha value is -1.09. The van der Waals surface area contributed by atoms with E-state index in [9.17, 15) is 0 Å². The van der Waals surface area contributed by atoms with Crippen LogP contribution >= 0.6 is 0 Å². The third-order valence-electron chi connectivity index (χ3n) is 2.33. The highest BCUT2D eigenvalue weighted by atomic mass is 16.5. The van der Waals surface area contributed by atoms with Crippen molar-refractivity contribution in [2.45, 2.75) is 33.7 Å². The van der Waals surface area contributed by atoms with E-state index >= 15 is 0 Å². The van der Waals surface area contributed by atoms with E-state index in [2.05, 4.69) is 44.1 Å². The van der Waals surface area contributed by atoms with Crippen LogP contribution in [0.3, 0.4) is 0 Å². The van der Waals surface area contributed by atoms with E-state index in [1.165, 1.54) is 0 Å². The summed E-state index contributed by atoms with van der Waals surface area (Å²) in [5.41, 5.74) is 1.13. The molecule has 0 aliphatic rings. The quantitative estimate of drug-likeness (QED) is 0.803. The molecule has 1 N–H and O–H groups in total. The summed E-state index contributed by atoms with van der Waals surface area (Å²) in [6.07, 6.45) is 1.78. The van der Waals surface area contributed by atoms with Gasteiger partial charge in [-0.05, 0) is 25.5 Å². The van der Waals surface area contributed by atoms with Crippen LogP contribution in [0.25, 0.3) is 0 Å². The first-order chi connectivity index (χ1) is 7.65. The second kappa shape index (κ2) is 6.48. The van der Waals surface area contributed by atoms with Gasteiger partial charge in [0, 0.05) is 17.8 Å². The molecule has 1 aromatic heterocycles. The summed E-state index contributed by atoms with van der Waals surface area (Å²) in [6, 6.07) is 4.29. The number of ether oxygens (including phenoxy) is 1. The first-order valence-electron chi connectivity index (χ1n) is 5.96. The topological polar surface area (TPSA) is 34.2 Å². The van der Waals surface area contributed by atoms with Crippen molar-refractivity contribution in [2.24, 2.45) is 5.92 Å². The van der Waals surface area contributed by atoms with Crippen molar-refractivity contribution >= 4 is 0 Å². The third-order valence-corrected chi connectivity index (χ3v) is 2.33. The molecule has 0 amide bonds. The number of hydrogen-bond donors (Lipinski definition) is 1. The second-order valence-electron chi connectivity index (χ2n) is 4.38. The first kappa shape index (κ1) is 13.0. The molecule has 90 valence electrons. The molecule has 3 heteroatoms. The average molecular weight is 222 g/mol. The SMILES string of the molecule is CCNC(C)c1cccnc1OCC(C)C. The zero-order valence-electron chi connectivity index (χ0n) is 10.7. The molecule has 1 aromatic rings. The number of rotatable bonds is 6. The molecule has 3 nitrogen and oxygen atoms in total. The van der Waals surface area contributed by atoms with Crippen LogP contribution < -0.4 is 10.1 Å². The fourth-order valence-corrected chi connectivity index (χ4v) is 1.52. The minimum atomic E-state index is 0.279. The van der Waals surface area contributed by atoms with E-state index in [0.29, 0.717) is 12.5 Å². The highest BCUT2D eigenvalue weighted by molar-refractivity contribution is 5.28. The van der Waals surface area contributed by atoms with Gasteiger partial charge in [-0.3, -0.25) is 0 Å². The molecular formula is C13H22N2O. The van der Waals surface area contributed by atoms with Crippen LogP contribution in [-0.4, -0.2) is 18.1 Å². The first-order valence-corrected chi connectivity index (χ1v) is 5.96. The Bertz CT molecular complexity index is 313. The molecule has 0 radical (unpaired) electrons. The van der Waals surface area contributed by atoms with Crippen molar-refractivity contribution in [1.82, 2.24) is 10.3 Å². The maximum atomic E-state index is 5.71. The molecule has 0 bridgehead atoms. The molecule has 0 fully saturated rings. The van der Waals surface area contributed by atoms with Crippen molar-refractivity contribution in [3.8, 4) is 5.88 Å². The monoisotopic (exact) mass is 222 g/mol. The van der Waals surface area contributed by atoms with Gasteiger partial charge in [-0.25, -0.2) is 4.98 Å². The molecule has 0 aliphatic carbocycles. The number of nitrogens with one attached hydrogen (secondary N) is 1. The molecule has 0 aliphatic heterocycles. The Balaban J connectivity index is 2.74. The molecule has 1 rings (SSSR count). The van der Waals surface area contributed by atoms with Gasteiger partial charge in [-0.15, -0.1) is 0 Å². The zero-order valence-corrected chi connectivity index (χ0v) is 10.7.